The van der Waals surface area contributed by atoms with Gasteiger partial charge in [0.25, 0.3) is 0 Å². The zero-order chi connectivity index (χ0) is 13.0. The maximum Gasteiger partial charge on any atom is 0.0745 e. The summed E-state index contributed by atoms with van der Waals surface area (Å²) in [5.74, 6) is 0. The quantitative estimate of drug-likeness (QED) is 0.693. The number of alkyl halides is 1. The molecule has 18 heavy (non-hydrogen) atoms. The lowest BCUT2D eigenvalue weighted by Crippen LogP contribution is -2.14. The molecule has 1 fully saturated rings. The first kappa shape index (κ1) is 14.1. The SMILES string of the molecule is CCCCc1ccc(C(Br)C2CCC(C)O2)cc1. The van der Waals surface area contributed by atoms with E-state index in [4.69, 9.17) is 4.74 Å². The van der Waals surface area contributed by atoms with Crippen molar-refractivity contribution in [1.82, 2.24) is 0 Å². The second-order valence-electron chi connectivity index (χ2n) is 5.31. The summed E-state index contributed by atoms with van der Waals surface area (Å²) in [7, 11) is 0. The van der Waals surface area contributed by atoms with Crippen LogP contribution in [0.4, 0.5) is 0 Å². The second kappa shape index (κ2) is 6.72. The van der Waals surface area contributed by atoms with E-state index in [9.17, 15) is 0 Å². The van der Waals surface area contributed by atoms with Crippen molar-refractivity contribution in [2.75, 3.05) is 0 Å². The summed E-state index contributed by atoms with van der Waals surface area (Å²) >= 11 is 3.79. The minimum absolute atomic E-state index is 0.335. The molecule has 1 nitrogen and oxygen atoms in total. The molecule has 0 amide bonds. The van der Waals surface area contributed by atoms with Crippen LogP contribution in [0.15, 0.2) is 24.3 Å². The summed E-state index contributed by atoms with van der Waals surface area (Å²) in [5, 5.41) is 0. The number of benzene rings is 1. The molecule has 3 unspecified atom stereocenters. The fourth-order valence-corrected chi connectivity index (χ4v) is 3.21. The van der Waals surface area contributed by atoms with Crippen molar-refractivity contribution in [3.8, 4) is 0 Å². The summed E-state index contributed by atoms with van der Waals surface area (Å²) in [6.45, 7) is 4.40. The maximum atomic E-state index is 5.93. The van der Waals surface area contributed by atoms with Crippen LogP contribution in [-0.4, -0.2) is 12.2 Å². The Morgan fingerprint density at radius 1 is 1.28 bits per heavy atom. The van der Waals surface area contributed by atoms with Crippen molar-refractivity contribution in [3.63, 3.8) is 0 Å². The van der Waals surface area contributed by atoms with Crippen LogP contribution in [0.2, 0.25) is 0 Å². The highest BCUT2D eigenvalue weighted by atomic mass is 79.9. The predicted molar refractivity (Wildman–Crippen MR) is 80.3 cm³/mol. The molecule has 0 radical (unpaired) electrons. The van der Waals surface area contributed by atoms with Crippen LogP contribution in [0.25, 0.3) is 0 Å². The van der Waals surface area contributed by atoms with Gasteiger partial charge in [0.15, 0.2) is 0 Å². The van der Waals surface area contributed by atoms with Crippen LogP contribution in [0.1, 0.15) is 55.5 Å². The Balaban J connectivity index is 1.96. The topological polar surface area (TPSA) is 9.23 Å². The number of hydrogen-bond donors (Lipinski definition) is 0. The third-order valence-corrected chi connectivity index (χ3v) is 4.83. The molecule has 1 saturated heterocycles. The molecule has 0 bridgehead atoms. The van der Waals surface area contributed by atoms with Gasteiger partial charge in [-0.1, -0.05) is 53.5 Å². The molecule has 1 aliphatic rings. The number of hydrogen-bond acceptors (Lipinski definition) is 1. The lowest BCUT2D eigenvalue weighted by molar-refractivity contribution is 0.0557. The van der Waals surface area contributed by atoms with Gasteiger partial charge in [-0.3, -0.25) is 0 Å². The van der Waals surface area contributed by atoms with Crippen LogP contribution in [0.3, 0.4) is 0 Å². The van der Waals surface area contributed by atoms with Gasteiger partial charge in [-0.25, -0.2) is 0 Å². The number of aryl methyl sites for hydroxylation is 1. The van der Waals surface area contributed by atoms with Crippen LogP contribution in [0.5, 0.6) is 0 Å². The molecule has 0 aliphatic carbocycles. The fraction of sp³-hybridized carbons (Fsp3) is 0.625. The van der Waals surface area contributed by atoms with Gasteiger partial charge in [0.1, 0.15) is 0 Å². The minimum Gasteiger partial charge on any atom is -0.374 e. The molecule has 0 spiro atoms. The van der Waals surface area contributed by atoms with Crippen LogP contribution in [-0.2, 0) is 11.2 Å². The van der Waals surface area contributed by atoms with Crippen molar-refractivity contribution in [1.29, 1.82) is 0 Å². The summed E-state index contributed by atoms with van der Waals surface area (Å²) in [6, 6.07) is 9.02. The summed E-state index contributed by atoms with van der Waals surface area (Å²) in [4.78, 5) is 0.336. The number of rotatable bonds is 5. The van der Waals surface area contributed by atoms with Crippen LogP contribution in [0, 0.1) is 0 Å². The Labute approximate surface area is 119 Å². The van der Waals surface area contributed by atoms with Crippen molar-refractivity contribution in [2.24, 2.45) is 0 Å². The average molecular weight is 311 g/mol. The second-order valence-corrected chi connectivity index (χ2v) is 6.30. The van der Waals surface area contributed by atoms with E-state index in [1.54, 1.807) is 0 Å². The molecule has 0 aromatic heterocycles. The van der Waals surface area contributed by atoms with Gasteiger partial charge in [0, 0.05) is 0 Å². The Bertz CT molecular complexity index is 360. The van der Waals surface area contributed by atoms with Gasteiger partial charge in [0.05, 0.1) is 17.0 Å². The highest BCUT2D eigenvalue weighted by Gasteiger charge is 2.28. The normalized spacial score (nSPS) is 25.3. The third-order valence-electron chi connectivity index (χ3n) is 3.71. The lowest BCUT2D eigenvalue weighted by Gasteiger charge is -2.18. The first-order chi connectivity index (χ1) is 8.70. The molecule has 1 aromatic rings. The highest BCUT2D eigenvalue weighted by molar-refractivity contribution is 9.09. The maximum absolute atomic E-state index is 5.93. The molecule has 1 aliphatic heterocycles. The van der Waals surface area contributed by atoms with Gasteiger partial charge in [0.2, 0.25) is 0 Å². The van der Waals surface area contributed by atoms with Gasteiger partial charge < -0.3 is 4.74 Å². The highest BCUT2D eigenvalue weighted by Crippen LogP contribution is 2.36. The molecule has 100 valence electrons. The van der Waals surface area contributed by atoms with Gasteiger partial charge in [-0.2, -0.15) is 0 Å². The fourth-order valence-electron chi connectivity index (χ4n) is 2.51. The molecule has 1 aromatic carbocycles. The van der Waals surface area contributed by atoms with E-state index in [1.807, 2.05) is 0 Å². The average Bonchev–Trinajstić information content (AvgIpc) is 2.83. The number of unbranched alkanes of at least 4 members (excludes halogenated alkanes) is 1. The summed E-state index contributed by atoms with van der Waals surface area (Å²) < 4.78 is 5.93. The largest absolute Gasteiger partial charge is 0.374 e. The first-order valence-corrected chi connectivity index (χ1v) is 8.00. The van der Waals surface area contributed by atoms with Gasteiger partial charge >= 0.3 is 0 Å². The van der Waals surface area contributed by atoms with E-state index in [1.165, 1.54) is 36.8 Å². The summed E-state index contributed by atoms with van der Waals surface area (Å²) in [5.41, 5.74) is 2.79. The van der Waals surface area contributed by atoms with Crippen molar-refractivity contribution < 1.29 is 4.74 Å². The van der Waals surface area contributed by atoms with Gasteiger partial charge in [-0.15, -0.1) is 0 Å². The zero-order valence-electron chi connectivity index (χ0n) is 11.4. The van der Waals surface area contributed by atoms with E-state index in [2.05, 4.69) is 54.0 Å². The van der Waals surface area contributed by atoms with E-state index in [0.717, 1.165) is 6.42 Å². The monoisotopic (exact) mass is 310 g/mol. The lowest BCUT2D eigenvalue weighted by atomic mass is 10.0. The van der Waals surface area contributed by atoms with E-state index in [0.29, 0.717) is 17.0 Å². The van der Waals surface area contributed by atoms with Crippen LogP contribution >= 0.6 is 15.9 Å². The predicted octanol–water partition coefficient (Wildman–Crippen LogP) is 5.03. The smallest absolute Gasteiger partial charge is 0.0745 e. The van der Waals surface area contributed by atoms with E-state index >= 15 is 0 Å². The Hall–Kier alpha value is -0.340. The molecular weight excluding hydrogens is 288 g/mol. The molecule has 2 rings (SSSR count). The first-order valence-electron chi connectivity index (χ1n) is 7.09. The van der Waals surface area contributed by atoms with Crippen molar-refractivity contribution in [2.45, 2.75) is 63.0 Å². The van der Waals surface area contributed by atoms with Crippen molar-refractivity contribution >= 4 is 15.9 Å². The number of halogens is 1. The van der Waals surface area contributed by atoms with Crippen LogP contribution < -0.4 is 0 Å². The van der Waals surface area contributed by atoms with Gasteiger partial charge in [-0.05, 0) is 43.7 Å². The minimum atomic E-state index is 0.335. The summed E-state index contributed by atoms with van der Waals surface area (Å²) in [6.07, 6.45) is 6.83. The third kappa shape index (κ3) is 3.58. The zero-order valence-corrected chi connectivity index (χ0v) is 12.9. The Kier molecular flexibility index (Phi) is 5.25. The molecule has 3 atom stereocenters. The molecule has 1 heterocycles. The Morgan fingerprint density at radius 2 is 2.00 bits per heavy atom. The molecular formula is C16H23BrO. The standard InChI is InChI=1S/C16H23BrO/c1-3-4-5-13-7-9-14(10-8-13)16(17)15-11-6-12(2)18-15/h7-10,12,15-16H,3-6,11H2,1-2H3. The Morgan fingerprint density at radius 3 is 2.56 bits per heavy atom. The molecule has 0 saturated carbocycles. The van der Waals surface area contributed by atoms with Crippen molar-refractivity contribution in [3.05, 3.63) is 35.4 Å². The van der Waals surface area contributed by atoms with E-state index < -0.39 is 0 Å². The van der Waals surface area contributed by atoms with E-state index in [-0.39, 0.29) is 0 Å². The molecule has 0 N–H and O–H groups in total. The number of ether oxygens (including phenoxy) is 1. The molecule has 2 heteroatoms.